The van der Waals surface area contributed by atoms with Crippen LogP contribution >= 0.6 is 0 Å². The smallest absolute Gasteiger partial charge is 0.257 e. The SMILES string of the molecule is O=C1[C@H]2C[C@H](CCN2C(=O)c2cccc(F)c2F)CN1Cc1cccc(F)c1. The van der Waals surface area contributed by atoms with Gasteiger partial charge in [-0.05, 0) is 48.6 Å². The third-order valence-electron chi connectivity index (χ3n) is 5.49. The van der Waals surface area contributed by atoms with Gasteiger partial charge in [-0.25, -0.2) is 13.2 Å². The summed E-state index contributed by atoms with van der Waals surface area (Å²) in [5.74, 6) is -3.37. The summed E-state index contributed by atoms with van der Waals surface area (Å²) in [5, 5.41) is 0. The van der Waals surface area contributed by atoms with Gasteiger partial charge in [0.25, 0.3) is 5.91 Å². The molecule has 4 rings (SSSR count). The molecule has 0 spiro atoms. The molecule has 2 bridgehead atoms. The number of hydrogen-bond donors (Lipinski definition) is 0. The number of carbonyl (C=O) groups excluding carboxylic acids is 2. The van der Waals surface area contributed by atoms with Crippen LogP contribution in [0.4, 0.5) is 13.2 Å². The Hall–Kier alpha value is -2.83. The summed E-state index contributed by atoms with van der Waals surface area (Å²) in [4.78, 5) is 28.8. The van der Waals surface area contributed by atoms with Crippen LogP contribution < -0.4 is 0 Å². The molecule has 2 aliphatic heterocycles. The third-order valence-corrected chi connectivity index (χ3v) is 5.49. The highest BCUT2D eigenvalue weighted by molar-refractivity contribution is 5.98. The van der Waals surface area contributed by atoms with Crippen molar-refractivity contribution in [3.63, 3.8) is 0 Å². The van der Waals surface area contributed by atoms with Crippen molar-refractivity contribution < 1.29 is 22.8 Å². The Kier molecular flexibility index (Phi) is 4.83. The van der Waals surface area contributed by atoms with Gasteiger partial charge < -0.3 is 9.80 Å². The number of rotatable bonds is 3. The molecule has 2 saturated heterocycles. The van der Waals surface area contributed by atoms with Gasteiger partial charge in [-0.15, -0.1) is 0 Å². The van der Waals surface area contributed by atoms with Gasteiger partial charge in [-0.1, -0.05) is 18.2 Å². The van der Waals surface area contributed by atoms with E-state index in [1.807, 2.05) is 0 Å². The van der Waals surface area contributed by atoms with Gasteiger partial charge in [-0.3, -0.25) is 9.59 Å². The topological polar surface area (TPSA) is 40.6 Å². The molecule has 2 amide bonds. The Labute approximate surface area is 160 Å². The lowest BCUT2D eigenvalue weighted by Crippen LogP contribution is -2.60. The van der Waals surface area contributed by atoms with Crippen LogP contribution in [0.25, 0.3) is 0 Å². The van der Waals surface area contributed by atoms with Gasteiger partial charge >= 0.3 is 0 Å². The first-order valence-corrected chi connectivity index (χ1v) is 9.22. The largest absolute Gasteiger partial charge is 0.336 e. The average Bonchev–Trinajstić information content (AvgIpc) is 2.68. The molecule has 0 unspecified atom stereocenters. The minimum atomic E-state index is -1.20. The molecule has 2 aliphatic rings. The van der Waals surface area contributed by atoms with Crippen LogP contribution in [0, 0.1) is 23.4 Å². The summed E-state index contributed by atoms with van der Waals surface area (Å²) >= 11 is 0. The van der Waals surface area contributed by atoms with Crippen molar-refractivity contribution >= 4 is 11.8 Å². The number of nitrogens with zero attached hydrogens (tertiary/aromatic N) is 2. The Bertz CT molecular complexity index is 934. The molecule has 2 fully saturated rings. The van der Waals surface area contributed by atoms with E-state index >= 15 is 0 Å². The van der Waals surface area contributed by atoms with E-state index in [1.165, 1.54) is 29.2 Å². The molecule has 2 aromatic carbocycles. The minimum Gasteiger partial charge on any atom is -0.336 e. The fourth-order valence-corrected chi connectivity index (χ4v) is 4.12. The molecule has 28 heavy (non-hydrogen) atoms. The lowest BCUT2D eigenvalue weighted by molar-refractivity contribution is -0.144. The highest BCUT2D eigenvalue weighted by atomic mass is 19.2. The molecule has 0 aromatic heterocycles. The molecule has 2 heterocycles. The third kappa shape index (κ3) is 3.37. The molecular weight excluding hydrogens is 369 g/mol. The zero-order valence-electron chi connectivity index (χ0n) is 15.1. The van der Waals surface area contributed by atoms with Crippen LogP contribution in [0.5, 0.6) is 0 Å². The molecule has 0 aliphatic carbocycles. The zero-order chi connectivity index (χ0) is 19.8. The first kappa shape index (κ1) is 18.5. The van der Waals surface area contributed by atoms with Crippen molar-refractivity contribution in [2.45, 2.75) is 25.4 Å². The van der Waals surface area contributed by atoms with Crippen molar-refractivity contribution in [2.75, 3.05) is 13.1 Å². The second-order valence-corrected chi connectivity index (χ2v) is 7.35. The highest BCUT2D eigenvalue weighted by Crippen LogP contribution is 2.32. The predicted octanol–water partition coefficient (Wildman–Crippen LogP) is 3.37. The van der Waals surface area contributed by atoms with Crippen molar-refractivity contribution in [1.29, 1.82) is 0 Å². The molecule has 7 heteroatoms. The van der Waals surface area contributed by atoms with Crippen LogP contribution in [0.3, 0.4) is 0 Å². The first-order chi connectivity index (χ1) is 13.4. The van der Waals surface area contributed by atoms with Crippen molar-refractivity contribution in [3.05, 3.63) is 71.0 Å². The number of carbonyl (C=O) groups is 2. The summed E-state index contributed by atoms with van der Waals surface area (Å²) in [6.45, 7) is 1.12. The Morgan fingerprint density at radius 3 is 2.68 bits per heavy atom. The van der Waals surface area contributed by atoms with E-state index in [0.29, 0.717) is 31.5 Å². The van der Waals surface area contributed by atoms with Gasteiger partial charge in [0.05, 0.1) is 5.56 Å². The number of fused-ring (bicyclic) bond motifs is 2. The Balaban J connectivity index is 1.57. The van der Waals surface area contributed by atoms with Crippen LogP contribution in [-0.2, 0) is 11.3 Å². The normalized spacial score (nSPS) is 21.8. The zero-order valence-corrected chi connectivity index (χ0v) is 15.1. The fraction of sp³-hybridized carbons (Fsp3) is 0.333. The van der Waals surface area contributed by atoms with E-state index in [2.05, 4.69) is 0 Å². The van der Waals surface area contributed by atoms with Crippen LogP contribution in [0.1, 0.15) is 28.8 Å². The maximum absolute atomic E-state index is 14.1. The van der Waals surface area contributed by atoms with Gasteiger partial charge in [-0.2, -0.15) is 0 Å². The Morgan fingerprint density at radius 2 is 1.89 bits per heavy atom. The molecule has 4 nitrogen and oxygen atoms in total. The summed E-state index contributed by atoms with van der Waals surface area (Å²) < 4.78 is 41.0. The summed E-state index contributed by atoms with van der Waals surface area (Å²) in [6.07, 6.45) is 1.17. The number of halogens is 3. The predicted molar refractivity (Wildman–Crippen MR) is 95.7 cm³/mol. The lowest BCUT2D eigenvalue weighted by Gasteiger charge is -2.46. The van der Waals surface area contributed by atoms with Gasteiger partial charge in [0.2, 0.25) is 5.91 Å². The summed E-state index contributed by atoms with van der Waals surface area (Å²) in [5.41, 5.74) is 0.302. The van der Waals surface area contributed by atoms with Crippen molar-refractivity contribution in [1.82, 2.24) is 9.80 Å². The van der Waals surface area contributed by atoms with Gasteiger partial charge in [0.15, 0.2) is 11.6 Å². The van der Waals surface area contributed by atoms with Crippen LogP contribution in [0.2, 0.25) is 0 Å². The van der Waals surface area contributed by atoms with E-state index in [-0.39, 0.29) is 29.8 Å². The number of hydrogen-bond acceptors (Lipinski definition) is 2. The van der Waals surface area contributed by atoms with Crippen molar-refractivity contribution in [3.8, 4) is 0 Å². The quantitative estimate of drug-likeness (QED) is 0.809. The molecule has 0 N–H and O–H groups in total. The van der Waals surface area contributed by atoms with Gasteiger partial charge in [0, 0.05) is 19.6 Å². The van der Waals surface area contributed by atoms with Crippen LogP contribution in [-0.4, -0.2) is 40.7 Å². The van der Waals surface area contributed by atoms with E-state index in [0.717, 1.165) is 6.07 Å². The second-order valence-electron chi connectivity index (χ2n) is 7.35. The second kappa shape index (κ2) is 7.30. The maximum Gasteiger partial charge on any atom is 0.257 e. The monoisotopic (exact) mass is 388 g/mol. The molecule has 146 valence electrons. The number of piperidine rings is 2. The fourth-order valence-electron chi connectivity index (χ4n) is 4.12. The minimum absolute atomic E-state index is 0.220. The maximum atomic E-state index is 14.1. The van der Waals surface area contributed by atoms with Crippen molar-refractivity contribution in [2.24, 2.45) is 5.92 Å². The van der Waals surface area contributed by atoms with E-state index in [1.54, 1.807) is 17.0 Å². The average molecular weight is 388 g/mol. The highest BCUT2D eigenvalue weighted by Gasteiger charge is 2.43. The molecule has 2 aromatic rings. The lowest BCUT2D eigenvalue weighted by atomic mass is 9.85. The number of amides is 2. The van der Waals surface area contributed by atoms with E-state index in [4.69, 9.17) is 0 Å². The van der Waals surface area contributed by atoms with Crippen LogP contribution in [0.15, 0.2) is 42.5 Å². The molecular formula is C21H19F3N2O2. The Morgan fingerprint density at radius 1 is 1.11 bits per heavy atom. The van der Waals surface area contributed by atoms with E-state index in [9.17, 15) is 22.8 Å². The molecule has 2 atom stereocenters. The number of likely N-dealkylation sites (tertiary alicyclic amines) is 2. The molecule has 0 radical (unpaired) electrons. The standard InChI is InChI=1S/C21H19F3N2O2/c22-15-4-1-3-13(9-15)11-25-12-14-7-8-26(18(10-14)21(25)28)20(27)16-5-2-6-17(23)19(16)24/h1-6,9,14,18H,7-8,10-12H2/t14-,18+/m0/s1. The number of benzene rings is 2. The first-order valence-electron chi connectivity index (χ1n) is 9.22. The van der Waals surface area contributed by atoms with E-state index < -0.39 is 23.6 Å². The van der Waals surface area contributed by atoms with Gasteiger partial charge in [0.1, 0.15) is 11.9 Å². The summed E-state index contributed by atoms with van der Waals surface area (Å²) in [6, 6.07) is 8.78. The summed E-state index contributed by atoms with van der Waals surface area (Å²) in [7, 11) is 0. The molecule has 0 saturated carbocycles.